The van der Waals surface area contributed by atoms with Crippen molar-refractivity contribution in [1.82, 2.24) is 10.3 Å². The molecule has 3 aromatic rings. The minimum absolute atomic E-state index is 0.0795. The number of methoxy groups -OCH3 is 1. The number of aromatic nitrogens is 1. The summed E-state index contributed by atoms with van der Waals surface area (Å²) in [5, 5.41) is 5.83. The molecule has 41 heavy (non-hydrogen) atoms. The van der Waals surface area contributed by atoms with Crippen molar-refractivity contribution >= 4 is 34.4 Å². The second-order valence-electron chi connectivity index (χ2n) is 10.2. The number of benzene rings is 2. The number of nitrogens with one attached hydrogen (secondary N) is 2. The molecule has 9 heteroatoms. The minimum atomic E-state index is -0.821. The lowest BCUT2D eigenvalue weighted by atomic mass is 9.73. The average molecular weight is 576 g/mol. The van der Waals surface area contributed by atoms with Crippen molar-refractivity contribution in [2.24, 2.45) is 5.41 Å². The van der Waals surface area contributed by atoms with Crippen molar-refractivity contribution in [3.8, 4) is 5.75 Å². The van der Waals surface area contributed by atoms with Gasteiger partial charge in [0, 0.05) is 30.7 Å². The molecule has 2 amide bonds. The summed E-state index contributed by atoms with van der Waals surface area (Å²) in [4.78, 5) is 44.7. The fourth-order valence-electron chi connectivity index (χ4n) is 5.02. The number of rotatable bonds is 12. The molecule has 0 radical (unpaired) electrons. The predicted molar refractivity (Wildman–Crippen MR) is 161 cm³/mol. The van der Waals surface area contributed by atoms with Gasteiger partial charge in [0.1, 0.15) is 17.5 Å². The van der Waals surface area contributed by atoms with Crippen LogP contribution in [0.15, 0.2) is 79.0 Å². The van der Waals surface area contributed by atoms with E-state index in [1.807, 2.05) is 37.3 Å². The molecule has 8 nitrogen and oxygen atoms in total. The molecule has 1 saturated carbocycles. The van der Waals surface area contributed by atoms with Gasteiger partial charge in [-0.05, 0) is 74.6 Å². The number of pyridine rings is 1. The summed E-state index contributed by atoms with van der Waals surface area (Å²) in [6, 6.07) is 21.0. The van der Waals surface area contributed by atoms with Gasteiger partial charge in [0.15, 0.2) is 0 Å². The second kappa shape index (κ2) is 14.8. The number of hydrogen-bond acceptors (Lipinski definition) is 7. The highest BCUT2D eigenvalue weighted by Gasteiger charge is 2.44. The summed E-state index contributed by atoms with van der Waals surface area (Å²) in [7, 11) is 1.58. The molecule has 1 atom stereocenters. The quantitative estimate of drug-likeness (QED) is 0.302. The molecule has 1 aliphatic rings. The van der Waals surface area contributed by atoms with E-state index < -0.39 is 11.5 Å². The molecule has 1 fully saturated rings. The van der Waals surface area contributed by atoms with Gasteiger partial charge in [0.25, 0.3) is 0 Å². The normalized spacial score (nSPS) is 19.1. The zero-order chi connectivity index (χ0) is 29.1. The number of thioether (sulfide) groups is 1. The fraction of sp³-hybridized carbons (Fsp3) is 0.375. The summed E-state index contributed by atoms with van der Waals surface area (Å²) in [5.74, 6) is 0.437. The van der Waals surface area contributed by atoms with Gasteiger partial charge in [0.05, 0.1) is 18.6 Å². The third-order valence-electron chi connectivity index (χ3n) is 7.39. The van der Waals surface area contributed by atoms with Crippen LogP contribution in [0.2, 0.25) is 0 Å². The Hall–Kier alpha value is -3.69. The van der Waals surface area contributed by atoms with Crippen LogP contribution in [-0.2, 0) is 20.7 Å². The molecule has 2 N–H and O–H groups in total. The monoisotopic (exact) mass is 575 g/mol. The fourth-order valence-corrected chi connectivity index (χ4v) is 6.11. The van der Waals surface area contributed by atoms with Crippen molar-refractivity contribution in [3.63, 3.8) is 0 Å². The number of hydrogen-bond donors (Lipinski definition) is 2. The standard InChI is InChI=1S/C32H37N3O5S/c1-3-40-26-16-18-32(19-17-26,22-41-30(37)27-11-7-8-20-33-27)31(38)35-28(21-23-9-5-4-6-10-23)29(36)34-24-12-14-25(39-2)15-13-24/h4-15,20,26,28H,3,16-19,21-22H2,1-2H3,(H,34,36)(H,35,38)/t26?,28-,32?/m0/s1. The Kier molecular flexibility index (Phi) is 10.9. The third-order valence-corrected chi connectivity index (χ3v) is 8.56. The molecule has 1 aliphatic carbocycles. The van der Waals surface area contributed by atoms with E-state index in [1.165, 1.54) is 0 Å². The Morgan fingerprint density at radius 3 is 2.34 bits per heavy atom. The van der Waals surface area contributed by atoms with E-state index in [4.69, 9.17) is 9.47 Å². The summed E-state index contributed by atoms with van der Waals surface area (Å²) in [5.41, 5.74) is 1.07. The Morgan fingerprint density at radius 2 is 1.71 bits per heavy atom. The van der Waals surface area contributed by atoms with E-state index in [-0.39, 0.29) is 23.0 Å². The molecule has 0 saturated heterocycles. The molecule has 0 spiro atoms. The van der Waals surface area contributed by atoms with E-state index in [0.717, 1.165) is 17.3 Å². The van der Waals surface area contributed by atoms with Crippen molar-refractivity contribution in [1.29, 1.82) is 0 Å². The van der Waals surface area contributed by atoms with Crippen molar-refractivity contribution in [3.05, 3.63) is 90.3 Å². The van der Waals surface area contributed by atoms with Crippen molar-refractivity contribution in [2.45, 2.75) is 51.2 Å². The smallest absolute Gasteiger partial charge is 0.247 e. The molecular weight excluding hydrogens is 538 g/mol. The summed E-state index contributed by atoms with van der Waals surface area (Å²) in [6.07, 6.45) is 4.53. The Morgan fingerprint density at radius 1 is 1.00 bits per heavy atom. The summed E-state index contributed by atoms with van der Waals surface area (Å²) >= 11 is 1.11. The van der Waals surface area contributed by atoms with Crippen LogP contribution < -0.4 is 15.4 Å². The zero-order valence-corrected chi connectivity index (χ0v) is 24.3. The van der Waals surface area contributed by atoms with Crippen LogP contribution in [0, 0.1) is 5.41 Å². The van der Waals surface area contributed by atoms with Gasteiger partial charge < -0.3 is 20.1 Å². The third kappa shape index (κ3) is 8.41. The average Bonchev–Trinajstić information content (AvgIpc) is 3.01. The molecule has 0 bridgehead atoms. The number of carbonyl (C=O) groups excluding carboxylic acids is 3. The van der Waals surface area contributed by atoms with Gasteiger partial charge in [0.2, 0.25) is 16.9 Å². The number of nitrogens with zero attached hydrogens (tertiary/aromatic N) is 1. The molecule has 2 aromatic carbocycles. The first-order valence-electron chi connectivity index (χ1n) is 13.9. The lowest BCUT2D eigenvalue weighted by Crippen LogP contribution is -2.53. The summed E-state index contributed by atoms with van der Waals surface area (Å²) in [6.45, 7) is 2.58. The molecular formula is C32H37N3O5S. The zero-order valence-electron chi connectivity index (χ0n) is 23.5. The van der Waals surface area contributed by atoms with Gasteiger partial charge in [-0.15, -0.1) is 0 Å². The van der Waals surface area contributed by atoms with Gasteiger partial charge in [-0.2, -0.15) is 0 Å². The molecule has 216 valence electrons. The first kappa shape index (κ1) is 30.3. The van der Waals surface area contributed by atoms with E-state index in [1.54, 1.807) is 55.8 Å². The predicted octanol–water partition coefficient (Wildman–Crippen LogP) is 5.30. The van der Waals surface area contributed by atoms with E-state index >= 15 is 0 Å². The Labute approximate surface area is 245 Å². The van der Waals surface area contributed by atoms with Crippen LogP contribution in [0.1, 0.15) is 48.7 Å². The number of amides is 2. The first-order chi connectivity index (χ1) is 19.9. The number of carbonyl (C=O) groups is 3. The van der Waals surface area contributed by atoms with Crippen molar-refractivity contribution < 1.29 is 23.9 Å². The van der Waals surface area contributed by atoms with Crippen LogP contribution in [0.5, 0.6) is 5.75 Å². The van der Waals surface area contributed by atoms with Crippen LogP contribution in [0.3, 0.4) is 0 Å². The molecule has 0 aliphatic heterocycles. The maximum absolute atomic E-state index is 14.1. The topological polar surface area (TPSA) is 107 Å². The lowest BCUT2D eigenvalue weighted by molar-refractivity contribution is -0.136. The first-order valence-corrected chi connectivity index (χ1v) is 14.9. The summed E-state index contributed by atoms with van der Waals surface area (Å²) < 4.78 is 11.1. The maximum atomic E-state index is 14.1. The van der Waals surface area contributed by atoms with Crippen LogP contribution in [-0.4, -0.2) is 53.5 Å². The van der Waals surface area contributed by atoms with Gasteiger partial charge in [-0.3, -0.25) is 19.4 Å². The van der Waals surface area contributed by atoms with Crippen LogP contribution in [0.4, 0.5) is 5.69 Å². The van der Waals surface area contributed by atoms with Gasteiger partial charge >= 0.3 is 0 Å². The molecule has 4 rings (SSSR count). The van der Waals surface area contributed by atoms with Gasteiger partial charge in [-0.25, -0.2) is 0 Å². The minimum Gasteiger partial charge on any atom is -0.497 e. The van der Waals surface area contributed by atoms with Crippen molar-refractivity contribution in [2.75, 3.05) is 24.8 Å². The molecule has 1 heterocycles. The largest absolute Gasteiger partial charge is 0.497 e. The number of anilines is 1. The maximum Gasteiger partial charge on any atom is 0.247 e. The van der Waals surface area contributed by atoms with Crippen LogP contribution >= 0.6 is 11.8 Å². The highest BCUT2D eigenvalue weighted by Crippen LogP contribution is 2.41. The second-order valence-corrected chi connectivity index (χ2v) is 11.1. The SMILES string of the molecule is CCOC1CCC(CSC(=O)c2ccccn2)(C(=O)N[C@@H](Cc2ccccc2)C(=O)Nc2ccc(OC)cc2)CC1. The van der Waals surface area contributed by atoms with E-state index in [9.17, 15) is 14.4 Å². The molecule has 0 unspecified atom stereocenters. The lowest BCUT2D eigenvalue weighted by Gasteiger charge is -2.39. The highest BCUT2D eigenvalue weighted by atomic mass is 32.2. The number of ether oxygens (including phenoxy) is 2. The highest BCUT2D eigenvalue weighted by molar-refractivity contribution is 8.14. The molecule has 1 aromatic heterocycles. The van der Waals surface area contributed by atoms with Crippen LogP contribution in [0.25, 0.3) is 0 Å². The van der Waals surface area contributed by atoms with E-state index in [2.05, 4.69) is 15.6 Å². The van der Waals surface area contributed by atoms with E-state index in [0.29, 0.717) is 61.6 Å². The Bertz CT molecular complexity index is 1280. The van der Waals surface area contributed by atoms with Gasteiger partial charge in [-0.1, -0.05) is 48.2 Å². The Balaban J connectivity index is 1.53.